The molecule has 150 valence electrons. The van der Waals surface area contributed by atoms with Crippen molar-refractivity contribution in [2.24, 2.45) is 0 Å². The highest BCUT2D eigenvalue weighted by molar-refractivity contribution is 6.08. The molecule has 0 aliphatic carbocycles. The Hall–Kier alpha value is -3.61. The van der Waals surface area contributed by atoms with Crippen molar-refractivity contribution in [2.75, 3.05) is 31.4 Å². The molecule has 7 heteroatoms. The third kappa shape index (κ3) is 5.01. The number of amides is 1. The summed E-state index contributed by atoms with van der Waals surface area (Å²) in [4.78, 5) is 18.9. The van der Waals surface area contributed by atoms with Crippen LogP contribution in [0.4, 0.5) is 15.9 Å². The van der Waals surface area contributed by atoms with E-state index in [9.17, 15) is 9.18 Å². The van der Waals surface area contributed by atoms with Gasteiger partial charge in [0.25, 0.3) is 5.91 Å². The van der Waals surface area contributed by atoms with Gasteiger partial charge in [-0.1, -0.05) is 12.1 Å². The van der Waals surface area contributed by atoms with Gasteiger partial charge in [-0.15, -0.1) is 0 Å². The smallest absolute Gasteiger partial charge is 0.259 e. The van der Waals surface area contributed by atoms with E-state index in [1.54, 1.807) is 47.5 Å². The first kappa shape index (κ1) is 20.1. The standard InChI is InChI=1S/C22H22FN3O3/c1-26(2)21-18(8-5-11-24-21)22(27)25-19-12-15(9-10-20(19)28-3)14-29-17-7-4-6-16(23)13-17/h4-13H,14H2,1-3H3,(H,25,27). The minimum atomic E-state index is -0.363. The van der Waals surface area contributed by atoms with E-state index in [0.717, 1.165) is 5.56 Å². The highest BCUT2D eigenvalue weighted by Gasteiger charge is 2.16. The highest BCUT2D eigenvalue weighted by atomic mass is 19.1. The van der Waals surface area contributed by atoms with Gasteiger partial charge < -0.3 is 19.7 Å². The summed E-state index contributed by atoms with van der Waals surface area (Å²) in [6, 6.07) is 14.7. The number of pyridine rings is 1. The van der Waals surface area contributed by atoms with Gasteiger partial charge in [-0.05, 0) is 42.0 Å². The summed E-state index contributed by atoms with van der Waals surface area (Å²) in [5.41, 5.74) is 1.75. The van der Waals surface area contributed by atoms with E-state index >= 15 is 0 Å². The van der Waals surface area contributed by atoms with E-state index in [0.29, 0.717) is 28.6 Å². The number of methoxy groups -OCH3 is 1. The summed E-state index contributed by atoms with van der Waals surface area (Å²) in [6.07, 6.45) is 1.64. The van der Waals surface area contributed by atoms with E-state index in [2.05, 4.69) is 10.3 Å². The van der Waals surface area contributed by atoms with Gasteiger partial charge in [0, 0.05) is 26.4 Å². The van der Waals surface area contributed by atoms with Crippen LogP contribution in [0.1, 0.15) is 15.9 Å². The molecule has 1 heterocycles. The van der Waals surface area contributed by atoms with Crippen LogP contribution in [0.3, 0.4) is 0 Å². The molecule has 3 aromatic rings. The van der Waals surface area contributed by atoms with E-state index in [4.69, 9.17) is 9.47 Å². The van der Waals surface area contributed by atoms with Crippen molar-refractivity contribution in [3.05, 3.63) is 77.7 Å². The van der Waals surface area contributed by atoms with Crippen LogP contribution in [0, 0.1) is 5.82 Å². The maximum absolute atomic E-state index is 13.3. The molecule has 1 amide bonds. The molecule has 0 bridgehead atoms. The predicted octanol–water partition coefficient (Wildman–Crippen LogP) is 4.13. The number of halogens is 1. The van der Waals surface area contributed by atoms with Crippen molar-refractivity contribution in [2.45, 2.75) is 6.61 Å². The third-order valence-electron chi connectivity index (χ3n) is 4.17. The summed E-state index contributed by atoms with van der Waals surface area (Å²) in [6.45, 7) is 0.214. The number of ether oxygens (including phenoxy) is 2. The van der Waals surface area contributed by atoms with Gasteiger partial charge in [-0.3, -0.25) is 4.79 Å². The Morgan fingerprint density at radius 3 is 2.69 bits per heavy atom. The van der Waals surface area contributed by atoms with Crippen LogP contribution in [0.5, 0.6) is 11.5 Å². The Morgan fingerprint density at radius 1 is 1.14 bits per heavy atom. The number of anilines is 2. The van der Waals surface area contributed by atoms with Crippen LogP contribution in [-0.2, 0) is 6.61 Å². The van der Waals surface area contributed by atoms with Crippen LogP contribution in [0.25, 0.3) is 0 Å². The van der Waals surface area contributed by atoms with Gasteiger partial charge in [-0.25, -0.2) is 9.37 Å². The minimum Gasteiger partial charge on any atom is -0.495 e. The number of nitrogens with zero attached hydrogens (tertiary/aromatic N) is 2. The molecular formula is C22H22FN3O3. The van der Waals surface area contributed by atoms with E-state index in [-0.39, 0.29) is 18.3 Å². The molecule has 29 heavy (non-hydrogen) atoms. The first-order chi connectivity index (χ1) is 14.0. The Balaban J connectivity index is 1.79. The lowest BCUT2D eigenvalue weighted by atomic mass is 10.1. The molecule has 0 atom stereocenters. The molecule has 0 aliphatic heterocycles. The third-order valence-corrected chi connectivity index (χ3v) is 4.17. The lowest BCUT2D eigenvalue weighted by Gasteiger charge is -2.17. The highest BCUT2D eigenvalue weighted by Crippen LogP contribution is 2.28. The molecule has 0 radical (unpaired) electrons. The van der Waals surface area contributed by atoms with Gasteiger partial charge in [0.1, 0.15) is 29.7 Å². The molecule has 2 aromatic carbocycles. The minimum absolute atomic E-state index is 0.214. The molecule has 0 saturated carbocycles. The van der Waals surface area contributed by atoms with Crippen LogP contribution < -0.4 is 19.7 Å². The summed E-state index contributed by atoms with van der Waals surface area (Å²) in [7, 11) is 5.18. The van der Waals surface area contributed by atoms with Crippen molar-refractivity contribution in [1.29, 1.82) is 0 Å². The maximum Gasteiger partial charge on any atom is 0.259 e. The number of rotatable bonds is 7. The summed E-state index contributed by atoms with van der Waals surface area (Å²) < 4.78 is 24.3. The van der Waals surface area contributed by atoms with Crippen molar-refractivity contribution in [3.63, 3.8) is 0 Å². The number of benzene rings is 2. The van der Waals surface area contributed by atoms with Crippen LogP contribution in [0.2, 0.25) is 0 Å². The predicted molar refractivity (Wildman–Crippen MR) is 110 cm³/mol. The Kier molecular flexibility index (Phi) is 6.29. The Bertz CT molecular complexity index is 1010. The fourth-order valence-corrected chi connectivity index (χ4v) is 2.79. The Morgan fingerprint density at radius 2 is 1.97 bits per heavy atom. The topological polar surface area (TPSA) is 63.7 Å². The van der Waals surface area contributed by atoms with E-state index < -0.39 is 0 Å². The number of hydrogen-bond donors (Lipinski definition) is 1. The zero-order valence-electron chi connectivity index (χ0n) is 16.5. The van der Waals surface area contributed by atoms with Crippen LogP contribution >= 0.6 is 0 Å². The lowest BCUT2D eigenvalue weighted by molar-refractivity contribution is 0.102. The average Bonchev–Trinajstić information content (AvgIpc) is 2.72. The van der Waals surface area contributed by atoms with Crippen molar-refractivity contribution in [1.82, 2.24) is 4.98 Å². The SMILES string of the molecule is COc1ccc(COc2cccc(F)c2)cc1NC(=O)c1cccnc1N(C)C. The fourth-order valence-electron chi connectivity index (χ4n) is 2.79. The molecule has 0 spiro atoms. The number of nitrogens with one attached hydrogen (secondary N) is 1. The summed E-state index contributed by atoms with van der Waals surface area (Å²) in [5.74, 6) is 0.844. The molecule has 6 nitrogen and oxygen atoms in total. The lowest BCUT2D eigenvalue weighted by Crippen LogP contribution is -2.20. The molecule has 1 aromatic heterocycles. The average molecular weight is 395 g/mol. The second-order valence-electron chi connectivity index (χ2n) is 6.50. The van der Waals surface area contributed by atoms with E-state index in [1.165, 1.54) is 19.2 Å². The zero-order valence-corrected chi connectivity index (χ0v) is 16.5. The first-order valence-corrected chi connectivity index (χ1v) is 8.97. The summed E-state index contributed by atoms with van der Waals surface area (Å²) >= 11 is 0. The largest absolute Gasteiger partial charge is 0.495 e. The fraction of sp³-hybridized carbons (Fsp3) is 0.182. The van der Waals surface area contributed by atoms with Gasteiger partial charge in [0.2, 0.25) is 0 Å². The summed E-state index contributed by atoms with van der Waals surface area (Å²) in [5, 5.41) is 2.87. The number of aromatic nitrogens is 1. The molecule has 3 rings (SSSR count). The van der Waals surface area contributed by atoms with Crippen LogP contribution in [0.15, 0.2) is 60.8 Å². The van der Waals surface area contributed by atoms with Crippen molar-refractivity contribution >= 4 is 17.4 Å². The monoisotopic (exact) mass is 395 g/mol. The molecule has 1 N–H and O–H groups in total. The first-order valence-electron chi connectivity index (χ1n) is 8.97. The number of hydrogen-bond acceptors (Lipinski definition) is 5. The van der Waals surface area contributed by atoms with Gasteiger partial charge >= 0.3 is 0 Å². The van der Waals surface area contributed by atoms with Crippen LogP contribution in [-0.4, -0.2) is 32.1 Å². The van der Waals surface area contributed by atoms with Crippen molar-refractivity contribution in [3.8, 4) is 11.5 Å². The second-order valence-corrected chi connectivity index (χ2v) is 6.50. The number of carbonyl (C=O) groups is 1. The molecule has 0 fully saturated rings. The maximum atomic E-state index is 13.3. The number of carbonyl (C=O) groups excluding carboxylic acids is 1. The Labute approximate surface area is 168 Å². The molecule has 0 aliphatic rings. The molecule has 0 saturated heterocycles. The van der Waals surface area contributed by atoms with Gasteiger partial charge in [0.05, 0.1) is 18.4 Å². The van der Waals surface area contributed by atoms with E-state index in [1.807, 2.05) is 20.2 Å². The second kappa shape index (κ2) is 9.05. The van der Waals surface area contributed by atoms with Gasteiger partial charge in [-0.2, -0.15) is 0 Å². The normalized spacial score (nSPS) is 10.3. The quantitative estimate of drug-likeness (QED) is 0.652. The van der Waals surface area contributed by atoms with Crippen molar-refractivity contribution < 1.29 is 18.7 Å². The molecule has 0 unspecified atom stereocenters. The van der Waals surface area contributed by atoms with Gasteiger partial charge in [0.15, 0.2) is 0 Å². The molecular weight excluding hydrogens is 373 g/mol. The zero-order chi connectivity index (χ0) is 20.8.